The fourth-order valence-electron chi connectivity index (χ4n) is 3.41. The molecule has 1 aliphatic heterocycles. The van der Waals surface area contributed by atoms with E-state index in [9.17, 15) is 0 Å². The van der Waals surface area contributed by atoms with Gasteiger partial charge >= 0.3 is 0 Å². The number of piperazine rings is 1. The standard InChI is InChI=1S/C18H30N2/c1-5-9-15(4)20-13-17(16-10-7-6-8-11-16)19-12-18(20)14(2)3/h6-8,10-11,14-15,17-19H,5,9,12-13H2,1-4H3. The highest BCUT2D eigenvalue weighted by Gasteiger charge is 2.32. The molecule has 3 unspecified atom stereocenters. The molecule has 0 saturated carbocycles. The van der Waals surface area contributed by atoms with Crippen LogP contribution in [0.15, 0.2) is 30.3 Å². The molecule has 0 aromatic heterocycles. The average Bonchev–Trinajstić information content (AvgIpc) is 2.47. The van der Waals surface area contributed by atoms with Crippen molar-refractivity contribution in [2.24, 2.45) is 5.92 Å². The zero-order chi connectivity index (χ0) is 14.5. The van der Waals surface area contributed by atoms with E-state index in [1.807, 2.05) is 0 Å². The van der Waals surface area contributed by atoms with Crippen LogP contribution in [0, 0.1) is 5.92 Å². The van der Waals surface area contributed by atoms with Crippen molar-refractivity contribution < 1.29 is 0 Å². The largest absolute Gasteiger partial charge is 0.307 e. The van der Waals surface area contributed by atoms with E-state index >= 15 is 0 Å². The van der Waals surface area contributed by atoms with Gasteiger partial charge in [-0.05, 0) is 24.8 Å². The molecule has 0 aliphatic carbocycles. The Labute approximate surface area is 124 Å². The number of hydrogen-bond acceptors (Lipinski definition) is 2. The van der Waals surface area contributed by atoms with E-state index < -0.39 is 0 Å². The highest BCUT2D eigenvalue weighted by Crippen LogP contribution is 2.26. The van der Waals surface area contributed by atoms with Gasteiger partial charge in [0.2, 0.25) is 0 Å². The molecule has 2 nitrogen and oxygen atoms in total. The molecule has 1 fully saturated rings. The molecule has 1 aliphatic rings. The van der Waals surface area contributed by atoms with E-state index in [0.717, 1.165) is 13.1 Å². The molecule has 0 spiro atoms. The predicted octanol–water partition coefficient (Wildman–Crippen LogP) is 3.85. The van der Waals surface area contributed by atoms with E-state index in [2.05, 4.69) is 68.2 Å². The lowest BCUT2D eigenvalue weighted by molar-refractivity contribution is 0.0583. The quantitative estimate of drug-likeness (QED) is 0.877. The summed E-state index contributed by atoms with van der Waals surface area (Å²) in [6.45, 7) is 11.6. The molecule has 1 saturated heterocycles. The summed E-state index contributed by atoms with van der Waals surface area (Å²) in [5.41, 5.74) is 1.42. The molecule has 0 bridgehead atoms. The number of nitrogens with zero attached hydrogens (tertiary/aromatic N) is 1. The fourth-order valence-corrected chi connectivity index (χ4v) is 3.41. The second-order valence-electron chi connectivity index (χ2n) is 6.52. The van der Waals surface area contributed by atoms with Crippen LogP contribution in [-0.4, -0.2) is 30.1 Å². The molecule has 3 atom stereocenters. The summed E-state index contributed by atoms with van der Waals surface area (Å²) in [6, 6.07) is 12.7. The van der Waals surface area contributed by atoms with Crippen LogP contribution in [-0.2, 0) is 0 Å². The van der Waals surface area contributed by atoms with Gasteiger partial charge in [-0.2, -0.15) is 0 Å². The Morgan fingerprint density at radius 3 is 2.50 bits per heavy atom. The Balaban J connectivity index is 2.11. The molecular formula is C18H30N2. The van der Waals surface area contributed by atoms with Crippen molar-refractivity contribution >= 4 is 0 Å². The summed E-state index contributed by atoms with van der Waals surface area (Å²) in [5.74, 6) is 0.707. The first-order valence-corrected chi connectivity index (χ1v) is 8.17. The summed E-state index contributed by atoms with van der Waals surface area (Å²) in [5, 5.41) is 3.75. The van der Waals surface area contributed by atoms with Crippen LogP contribution < -0.4 is 5.32 Å². The number of nitrogens with one attached hydrogen (secondary N) is 1. The van der Waals surface area contributed by atoms with Gasteiger partial charge in [0, 0.05) is 31.2 Å². The van der Waals surface area contributed by atoms with Gasteiger partial charge in [0.25, 0.3) is 0 Å². The third-order valence-electron chi connectivity index (χ3n) is 4.64. The highest BCUT2D eigenvalue weighted by molar-refractivity contribution is 5.20. The first-order valence-electron chi connectivity index (χ1n) is 8.17. The van der Waals surface area contributed by atoms with Gasteiger partial charge in [-0.15, -0.1) is 0 Å². The van der Waals surface area contributed by atoms with Crippen LogP contribution in [0.4, 0.5) is 0 Å². The van der Waals surface area contributed by atoms with Crippen LogP contribution in [0.3, 0.4) is 0 Å². The third kappa shape index (κ3) is 3.62. The lowest BCUT2D eigenvalue weighted by Crippen LogP contribution is -2.57. The Kier molecular flexibility index (Phi) is 5.62. The molecule has 1 aromatic carbocycles. The van der Waals surface area contributed by atoms with Crippen LogP contribution in [0.5, 0.6) is 0 Å². The molecule has 20 heavy (non-hydrogen) atoms. The Bertz CT molecular complexity index is 388. The maximum Gasteiger partial charge on any atom is 0.0450 e. The van der Waals surface area contributed by atoms with E-state index in [0.29, 0.717) is 24.0 Å². The normalized spacial score (nSPS) is 25.9. The Hall–Kier alpha value is -0.860. The zero-order valence-corrected chi connectivity index (χ0v) is 13.5. The Morgan fingerprint density at radius 2 is 1.90 bits per heavy atom. The second kappa shape index (κ2) is 7.24. The van der Waals surface area contributed by atoms with Crippen LogP contribution in [0.25, 0.3) is 0 Å². The van der Waals surface area contributed by atoms with Gasteiger partial charge in [-0.3, -0.25) is 4.90 Å². The SMILES string of the molecule is CCCC(C)N1CC(c2ccccc2)NCC1C(C)C. The lowest BCUT2D eigenvalue weighted by Gasteiger charge is -2.45. The van der Waals surface area contributed by atoms with Crippen LogP contribution in [0.2, 0.25) is 0 Å². The molecular weight excluding hydrogens is 244 g/mol. The summed E-state index contributed by atoms with van der Waals surface area (Å²) in [4.78, 5) is 2.74. The van der Waals surface area contributed by atoms with Gasteiger partial charge in [-0.25, -0.2) is 0 Å². The van der Waals surface area contributed by atoms with Gasteiger partial charge in [0.05, 0.1) is 0 Å². The maximum absolute atomic E-state index is 3.75. The van der Waals surface area contributed by atoms with Crippen LogP contribution in [0.1, 0.15) is 52.1 Å². The minimum Gasteiger partial charge on any atom is -0.307 e. The third-order valence-corrected chi connectivity index (χ3v) is 4.64. The summed E-state index contributed by atoms with van der Waals surface area (Å²) in [7, 11) is 0. The second-order valence-corrected chi connectivity index (χ2v) is 6.52. The van der Waals surface area contributed by atoms with Gasteiger partial charge in [0.15, 0.2) is 0 Å². The molecule has 112 valence electrons. The summed E-state index contributed by atoms with van der Waals surface area (Å²) < 4.78 is 0. The Morgan fingerprint density at radius 1 is 1.20 bits per heavy atom. The monoisotopic (exact) mass is 274 g/mol. The number of benzene rings is 1. The van der Waals surface area contributed by atoms with Crippen molar-refractivity contribution in [2.45, 2.75) is 58.7 Å². The number of rotatable bonds is 5. The van der Waals surface area contributed by atoms with Crippen molar-refractivity contribution in [2.75, 3.05) is 13.1 Å². The van der Waals surface area contributed by atoms with E-state index in [1.54, 1.807) is 0 Å². The first kappa shape index (κ1) is 15.5. The van der Waals surface area contributed by atoms with Crippen LogP contribution >= 0.6 is 0 Å². The molecule has 2 heteroatoms. The highest BCUT2D eigenvalue weighted by atomic mass is 15.3. The summed E-state index contributed by atoms with van der Waals surface area (Å²) in [6.07, 6.45) is 2.57. The summed E-state index contributed by atoms with van der Waals surface area (Å²) >= 11 is 0. The molecule has 1 N–H and O–H groups in total. The first-order chi connectivity index (χ1) is 9.63. The van der Waals surface area contributed by atoms with Crippen molar-refractivity contribution in [1.82, 2.24) is 10.2 Å². The predicted molar refractivity (Wildman–Crippen MR) is 86.9 cm³/mol. The van der Waals surface area contributed by atoms with Crippen molar-refractivity contribution in [3.63, 3.8) is 0 Å². The van der Waals surface area contributed by atoms with Crippen molar-refractivity contribution in [3.8, 4) is 0 Å². The van der Waals surface area contributed by atoms with E-state index in [1.165, 1.54) is 18.4 Å². The lowest BCUT2D eigenvalue weighted by atomic mass is 9.93. The van der Waals surface area contributed by atoms with Crippen molar-refractivity contribution in [1.29, 1.82) is 0 Å². The average molecular weight is 274 g/mol. The van der Waals surface area contributed by atoms with E-state index in [-0.39, 0.29) is 0 Å². The van der Waals surface area contributed by atoms with Gasteiger partial charge in [0.1, 0.15) is 0 Å². The minimum atomic E-state index is 0.477. The fraction of sp³-hybridized carbons (Fsp3) is 0.667. The zero-order valence-electron chi connectivity index (χ0n) is 13.5. The maximum atomic E-state index is 3.75. The molecule has 1 aromatic rings. The van der Waals surface area contributed by atoms with Gasteiger partial charge < -0.3 is 5.32 Å². The molecule has 1 heterocycles. The van der Waals surface area contributed by atoms with Gasteiger partial charge in [-0.1, -0.05) is 57.5 Å². The topological polar surface area (TPSA) is 15.3 Å². The minimum absolute atomic E-state index is 0.477. The number of hydrogen-bond donors (Lipinski definition) is 1. The molecule has 2 rings (SSSR count). The van der Waals surface area contributed by atoms with E-state index in [4.69, 9.17) is 0 Å². The van der Waals surface area contributed by atoms with Crippen molar-refractivity contribution in [3.05, 3.63) is 35.9 Å². The molecule has 0 radical (unpaired) electrons. The smallest absolute Gasteiger partial charge is 0.0450 e. The molecule has 0 amide bonds.